The Kier molecular flexibility index (Phi) is 4.98. The van der Waals surface area contributed by atoms with Crippen molar-refractivity contribution >= 4 is 12.4 Å². The van der Waals surface area contributed by atoms with Gasteiger partial charge in [-0.15, -0.1) is 12.4 Å². The first kappa shape index (κ1) is 18.2. The van der Waals surface area contributed by atoms with E-state index in [1.807, 2.05) is 0 Å². The lowest BCUT2D eigenvalue weighted by Crippen LogP contribution is -2.38. The van der Waals surface area contributed by atoms with Crippen molar-refractivity contribution < 1.29 is 4.52 Å². The maximum Gasteiger partial charge on any atom is 0.234 e. The molecular formula is C18H31ClN4O. The zero-order valence-electron chi connectivity index (χ0n) is 15.2. The molecule has 24 heavy (non-hydrogen) atoms. The van der Waals surface area contributed by atoms with Gasteiger partial charge in [0.25, 0.3) is 0 Å². The van der Waals surface area contributed by atoms with Crippen LogP contribution in [0.5, 0.6) is 0 Å². The topological polar surface area (TPSA) is 54.2 Å². The summed E-state index contributed by atoms with van der Waals surface area (Å²) in [5, 5.41) is 7.77. The molecule has 0 radical (unpaired) electrons. The minimum Gasteiger partial charge on any atom is -0.339 e. The summed E-state index contributed by atoms with van der Waals surface area (Å²) in [7, 11) is 0. The quantitative estimate of drug-likeness (QED) is 0.900. The van der Waals surface area contributed by atoms with E-state index in [-0.39, 0.29) is 17.8 Å². The van der Waals surface area contributed by atoms with Crippen molar-refractivity contribution in [1.29, 1.82) is 0 Å². The normalized spacial score (nSPS) is 36.2. The molecule has 0 aromatic carbocycles. The van der Waals surface area contributed by atoms with Crippen molar-refractivity contribution in [2.45, 2.75) is 57.8 Å². The Morgan fingerprint density at radius 1 is 1.38 bits per heavy atom. The molecule has 1 N–H and O–H groups in total. The molecule has 3 heterocycles. The molecule has 6 heteroatoms. The summed E-state index contributed by atoms with van der Waals surface area (Å²) in [6.45, 7) is 12.5. The number of hydrogen-bond donors (Lipinski definition) is 1. The highest BCUT2D eigenvalue weighted by atomic mass is 35.5. The van der Waals surface area contributed by atoms with E-state index in [2.05, 4.69) is 36.1 Å². The van der Waals surface area contributed by atoms with Crippen molar-refractivity contribution in [3.8, 4) is 0 Å². The highest BCUT2D eigenvalue weighted by Crippen LogP contribution is 2.50. The van der Waals surface area contributed by atoms with E-state index in [0.29, 0.717) is 17.3 Å². The third kappa shape index (κ3) is 2.99. The molecule has 1 unspecified atom stereocenters. The summed E-state index contributed by atoms with van der Waals surface area (Å²) in [6, 6.07) is 0. The smallest absolute Gasteiger partial charge is 0.234 e. The van der Waals surface area contributed by atoms with Gasteiger partial charge in [-0.3, -0.25) is 0 Å². The number of nitrogens with zero attached hydrogens (tertiary/aromatic N) is 3. The van der Waals surface area contributed by atoms with Crippen LogP contribution in [-0.4, -0.2) is 47.8 Å². The molecule has 4 rings (SSSR count). The first-order valence-electron chi connectivity index (χ1n) is 9.28. The van der Waals surface area contributed by atoms with Gasteiger partial charge in [-0.1, -0.05) is 32.3 Å². The lowest BCUT2D eigenvalue weighted by molar-refractivity contribution is 0.187. The molecule has 3 atom stereocenters. The second-order valence-electron chi connectivity index (χ2n) is 8.76. The van der Waals surface area contributed by atoms with Crippen LogP contribution in [-0.2, 0) is 5.41 Å². The summed E-state index contributed by atoms with van der Waals surface area (Å²) in [4.78, 5) is 7.47. The maximum absolute atomic E-state index is 5.76. The second kappa shape index (κ2) is 6.58. The fourth-order valence-corrected chi connectivity index (χ4v) is 5.08. The highest BCUT2D eigenvalue weighted by molar-refractivity contribution is 5.85. The molecule has 136 valence electrons. The van der Waals surface area contributed by atoms with Crippen LogP contribution in [0.3, 0.4) is 0 Å². The van der Waals surface area contributed by atoms with E-state index in [4.69, 9.17) is 9.51 Å². The van der Waals surface area contributed by atoms with Gasteiger partial charge < -0.3 is 14.7 Å². The van der Waals surface area contributed by atoms with Crippen molar-refractivity contribution in [2.75, 3.05) is 32.7 Å². The van der Waals surface area contributed by atoms with Crippen LogP contribution in [0.25, 0.3) is 0 Å². The molecule has 3 fully saturated rings. The summed E-state index contributed by atoms with van der Waals surface area (Å²) in [6.07, 6.45) is 5.11. The van der Waals surface area contributed by atoms with E-state index in [0.717, 1.165) is 24.8 Å². The van der Waals surface area contributed by atoms with Gasteiger partial charge in [0.2, 0.25) is 5.89 Å². The van der Waals surface area contributed by atoms with Gasteiger partial charge >= 0.3 is 0 Å². The van der Waals surface area contributed by atoms with Gasteiger partial charge in [0.15, 0.2) is 5.82 Å². The number of aromatic nitrogens is 2. The van der Waals surface area contributed by atoms with Gasteiger partial charge in [-0.2, -0.15) is 4.98 Å². The Morgan fingerprint density at radius 2 is 2.21 bits per heavy atom. The predicted octanol–water partition coefficient (Wildman–Crippen LogP) is 2.97. The van der Waals surface area contributed by atoms with E-state index >= 15 is 0 Å². The minimum absolute atomic E-state index is 0. The monoisotopic (exact) mass is 354 g/mol. The third-order valence-corrected chi connectivity index (χ3v) is 6.39. The van der Waals surface area contributed by atoms with Crippen molar-refractivity contribution in [3.05, 3.63) is 11.7 Å². The van der Waals surface area contributed by atoms with E-state index < -0.39 is 0 Å². The first-order valence-corrected chi connectivity index (χ1v) is 9.28. The molecule has 1 aliphatic carbocycles. The van der Waals surface area contributed by atoms with Crippen LogP contribution in [0.4, 0.5) is 0 Å². The van der Waals surface area contributed by atoms with Gasteiger partial charge in [-0.25, -0.2) is 0 Å². The molecule has 2 aliphatic heterocycles. The lowest BCUT2D eigenvalue weighted by atomic mass is 9.80. The van der Waals surface area contributed by atoms with Gasteiger partial charge in [-0.05, 0) is 37.1 Å². The number of halogens is 1. The average molecular weight is 355 g/mol. The fraction of sp³-hybridized carbons (Fsp3) is 0.889. The summed E-state index contributed by atoms with van der Waals surface area (Å²) in [5.74, 6) is 2.82. The Bertz CT molecular complexity index is 569. The molecular weight excluding hydrogens is 324 g/mol. The molecule has 1 aromatic rings. The van der Waals surface area contributed by atoms with Crippen molar-refractivity contribution in [1.82, 2.24) is 20.4 Å². The van der Waals surface area contributed by atoms with Crippen molar-refractivity contribution in [3.63, 3.8) is 0 Å². The zero-order chi connectivity index (χ0) is 16.1. The van der Waals surface area contributed by atoms with Crippen LogP contribution < -0.4 is 5.32 Å². The molecule has 0 spiro atoms. The van der Waals surface area contributed by atoms with Crippen molar-refractivity contribution in [2.24, 2.45) is 11.3 Å². The van der Waals surface area contributed by atoms with E-state index in [9.17, 15) is 0 Å². The van der Waals surface area contributed by atoms with E-state index in [1.54, 1.807) is 0 Å². The summed E-state index contributed by atoms with van der Waals surface area (Å²) < 4.78 is 5.76. The molecule has 1 saturated carbocycles. The highest BCUT2D eigenvalue weighted by Gasteiger charge is 2.54. The number of nitrogens with one attached hydrogen (secondary N) is 1. The fourth-order valence-electron chi connectivity index (χ4n) is 5.08. The molecule has 0 bridgehead atoms. The van der Waals surface area contributed by atoms with Gasteiger partial charge in [0.05, 0.1) is 5.41 Å². The standard InChI is InChI=1S/C18H30N4O.ClH/c1-13(2)15-20-16(23-21-15)18-6-4-5-14(18)9-22(12-18)11-17(3)7-8-19-10-17;/h13-14,19H,4-12H2,1-3H3;1H/t14-,17?,18-;/m1./s1. The predicted molar refractivity (Wildman–Crippen MR) is 96.7 cm³/mol. The van der Waals surface area contributed by atoms with Crippen LogP contribution in [0.15, 0.2) is 4.52 Å². The second-order valence-corrected chi connectivity index (χ2v) is 8.76. The number of likely N-dealkylation sites (tertiary alicyclic amines) is 1. The number of fused-ring (bicyclic) bond motifs is 1. The van der Waals surface area contributed by atoms with Crippen LogP contribution in [0.1, 0.15) is 64.1 Å². The Hall–Kier alpha value is -0.650. The summed E-state index contributed by atoms with van der Waals surface area (Å²) >= 11 is 0. The Balaban J connectivity index is 0.00000169. The van der Waals surface area contributed by atoms with E-state index in [1.165, 1.54) is 45.3 Å². The minimum atomic E-state index is 0. The Labute approximate surface area is 151 Å². The first-order chi connectivity index (χ1) is 11.0. The van der Waals surface area contributed by atoms with Gasteiger partial charge in [0, 0.05) is 32.1 Å². The number of hydrogen-bond acceptors (Lipinski definition) is 5. The molecule has 3 aliphatic rings. The maximum atomic E-state index is 5.76. The third-order valence-electron chi connectivity index (χ3n) is 6.39. The molecule has 2 saturated heterocycles. The molecule has 1 aromatic heterocycles. The van der Waals surface area contributed by atoms with Crippen LogP contribution in [0.2, 0.25) is 0 Å². The van der Waals surface area contributed by atoms with Crippen LogP contribution >= 0.6 is 12.4 Å². The molecule has 5 nitrogen and oxygen atoms in total. The zero-order valence-corrected chi connectivity index (χ0v) is 16.0. The summed E-state index contributed by atoms with van der Waals surface area (Å²) in [5.41, 5.74) is 0.556. The lowest BCUT2D eigenvalue weighted by Gasteiger charge is -2.30. The average Bonchev–Trinajstić information content (AvgIpc) is 3.20. The SMILES string of the molecule is CC(C)c1noc([C@@]23CCC[C@@H]2CN(CC2(C)CCNC2)C3)n1.Cl. The largest absolute Gasteiger partial charge is 0.339 e. The Morgan fingerprint density at radius 3 is 2.88 bits per heavy atom. The van der Waals surface area contributed by atoms with Crippen LogP contribution in [0, 0.1) is 11.3 Å². The molecule has 0 amide bonds. The van der Waals surface area contributed by atoms with Gasteiger partial charge in [0.1, 0.15) is 0 Å². The number of rotatable bonds is 4.